The van der Waals surface area contributed by atoms with Crippen molar-refractivity contribution in [2.75, 3.05) is 27.7 Å². The van der Waals surface area contributed by atoms with Crippen molar-refractivity contribution in [3.63, 3.8) is 0 Å². The van der Waals surface area contributed by atoms with Gasteiger partial charge in [0.05, 0.1) is 22.7 Å². The molecule has 0 saturated heterocycles. The van der Waals surface area contributed by atoms with Gasteiger partial charge in [0.25, 0.3) is 5.91 Å². The zero-order valence-corrected chi connectivity index (χ0v) is 16.3. The topological polar surface area (TPSA) is 95.6 Å². The highest BCUT2D eigenvalue weighted by Crippen LogP contribution is 2.31. The van der Waals surface area contributed by atoms with E-state index >= 15 is 0 Å². The molecule has 27 heavy (non-hydrogen) atoms. The Balaban J connectivity index is 1.79. The number of carbonyl (C=O) groups excluding carboxylic acids is 2. The summed E-state index contributed by atoms with van der Waals surface area (Å²) in [6.45, 7) is 1.76. The molecule has 1 heterocycles. The van der Waals surface area contributed by atoms with Crippen LogP contribution >= 0.6 is 11.6 Å². The molecule has 0 aliphatic carbocycles. The van der Waals surface area contributed by atoms with E-state index in [1.165, 1.54) is 11.2 Å². The van der Waals surface area contributed by atoms with Gasteiger partial charge in [0.1, 0.15) is 0 Å². The number of amides is 2. The normalized spacial score (nSPS) is 13.2. The molecule has 2 aromatic rings. The summed E-state index contributed by atoms with van der Waals surface area (Å²) in [6.07, 6.45) is 1.71. The summed E-state index contributed by atoms with van der Waals surface area (Å²) in [7, 11) is -3.33. The monoisotopic (exact) mass is 407 g/mol. The van der Waals surface area contributed by atoms with Crippen LogP contribution in [0.3, 0.4) is 0 Å². The Bertz CT molecular complexity index is 1040. The molecule has 7 nitrogen and oxygen atoms in total. The Labute approximate surface area is 162 Å². The molecule has 2 aromatic carbocycles. The minimum atomic E-state index is -3.33. The van der Waals surface area contributed by atoms with E-state index in [9.17, 15) is 18.0 Å². The molecule has 0 aromatic heterocycles. The van der Waals surface area contributed by atoms with Crippen molar-refractivity contribution in [2.45, 2.75) is 13.3 Å². The summed E-state index contributed by atoms with van der Waals surface area (Å²) >= 11 is 6.17. The van der Waals surface area contributed by atoms with E-state index in [4.69, 9.17) is 11.6 Å². The van der Waals surface area contributed by atoms with Crippen LogP contribution < -0.4 is 14.9 Å². The lowest BCUT2D eigenvalue weighted by atomic mass is 10.1. The quantitative estimate of drug-likeness (QED) is 0.814. The van der Waals surface area contributed by atoms with E-state index in [0.29, 0.717) is 40.6 Å². The molecule has 0 fully saturated rings. The highest BCUT2D eigenvalue weighted by Gasteiger charge is 2.26. The molecule has 1 aliphatic heterocycles. The Morgan fingerprint density at radius 1 is 1.11 bits per heavy atom. The zero-order chi connectivity index (χ0) is 19.8. The van der Waals surface area contributed by atoms with Crippen LogP contribution in [0.4, 0.5) is 17.1 Å². The predicted molar refractivity (Wildman–Crippen MR) is 106 cm³/mol. The van der Waals surface area contributed by atoms with Crippen LogP contribution in [-0.4, -0.2) is 33.0 Å². The summed E-state index contributed by atoms with van der Waals surface area (Å²) in [5.74, 6) is -0.575. The number of carbonyl (C=O) groups is 2. The average Bonchev–Trinajstić information content (AvgIpc) is 3.00. The van der Waals surface area contributed by atoms with E-state index in [1.54, 1.807) is 36.4 Å². The van der Waals surface area contributed by atoms with E-state index in [1.807, 2.05) is 0 Å². The Kier molecular flexibility index (Phi) is 5.12. The third-order valence-electron chi connectivity index (χ3n) is 4.13. The lowest BCUT2D eigenvalue weighted by molar-refractivity contribution is -0.114. The van der Waals surface area contributed by atoms with E-state index in [0.717, 1.165) is 11.8 Å². The van der Waals surface area contributed by atoms with E-state index < -0.39 is 10.0 Å². The first-order valence-electron chi connectivity index (χ1n) is 8.14. The van der Waals surface area contributed by atoms with Crippen molar-refractivity contribution in [3.8, 4) is 0 Å². The second-order valence-corrected chi connectivity index (χ2v) is 8.57. The smallest absolute Gasteiger partial charge is 0.255 e. The Morgan fingerprint density at radius 2 is 1.85 bits per heavy atom. The fourth-order valence-corrected chi connectivity index (χ4v) is 4.14. The molecule has 142 valence electrons. The second-order valence-electron chi connectivity index (χ2n) is 6.26. The number of anilines is 3. The van der Waals surface area contributed by atoms with Crippen molar-refractivity contribution < 1.29 is 18.0 Å². The maximum Gasteiger partial charge on any atom is 0.255 e. The lowest BCUT2D eigenvalue weighted by Gasteiger charge is -2.16. The molecule has 2 N–H and O–H groups in total. The second kappa shape index (κ2) is 7.21. The third kappa shape index (κ3) is 4.23. The van der Waals surface area contributed by atoms with Crippen LogP contribution in [0.2, 0.25) is 5.02 Å². The van der Waals surface area contributed by atoms with Gasteiger partial charge in [-0.05, 0) is 48.4 Å². The summed E-state index contributed by atoms with van der Waals surface area (Å²) in [4.78, 5) is 23.6. The van der Waals surface area contributed by atoms with Crippen molar-refractivity contribution >= 4 is 50.5 Å². The molecule has 0 spiro atoms. The molecule has 1 aliphatic rings. The molecule has 2 amide bonds. The molecular formula is C18H18ClN3O4S. The number of fused-ring (bicyclic) bond motifs is 1. The molecule has 3 rings (SSSR count). The fourth-order valence-electron chi connectivity index (χ4n) is 2.95. The lowest BCUT2D eigenvalue weighted by Crippen LogP contribution is -2.27. The summed E-state index contributed by atoms with van der Waals surface area (Å²) < 4.78 is 24.9. The standard InChI is InChI=1S/C18H18ClN3O4S/c1-11(23)20-14-4-5-16(15(19)10-14)21-18(24)13-3-6-17-12(9-13)7-8-22(17)27(2,25)26/h3-6,9-10H,7-8H2,1-2H3,(H,20,23)(H,21,24). The van der Waals surface area contributed by atoms with Crippen LogP contribution in [-0.2, 0) is 21.2 Å². The van der Waals surface area contributed by atoms with Gasteiger partial charge in [-0.1, -0.05) is 11.6 Å². The highest BCUT2D eigenvalue weighted by atomic mass is 35.5. The van der Waals surface area contributed by atoms with Gasteiger partial charge >= 0.3 is 0 Å². The van der Waals surface area contributed by atoms with Gasteiger partial charge < -0.3 is 10.6 Å². The fraction of sp³-hybridized carbons (Fsp3) is 0.222. The van der Waals surface area contributed by atoms with Gasteiger partial charge in [-0.15, -0.1) is 0 Å². The maximum absolute atomic E-state index is 12.5. The summed E-state index contributed by atoms with van der Waals surface area (Å²) in [6, 6.07) is 9.69. The molecule has 0 bridgehead atoms. The maximum atomic E-state index is 12.5. The summed E-state index contributed by atoms with van der Waals surface area (Å²) in [5.41, 5.74) is 2.76. The number of benzene rings is 2. The predicted octanol–water partition coefficient (Wildman–Crippen LogP) is 2.87. The highest BCUT2D eigenvalue weighted by molar-refractivity contribution is 7.92. The first kappa shape index (κ1) is 19.2. The van der Waals surface area contributed by atoms with Gasteiger partial charge in [-0.2, -0.15) is 0 Å². The van der Waals surface area contributed by atoms with Crippen molar-refractivity contribution in [2.24, 2.45) is 0 Å². The SMILES string of the molecule is CC(=O)Nc1ccc(NC(=O)c2ccc3c(c2)CCN3S(C)(=O)=O)c(Cl)c1. The zero-order valence-electron chi connectivity index (χ0n) is 14.7. The van der Waals surface area contributed by atoms with Crippen LogP contribution in [0.5, 0.6) is 0 Å². The summed E-state index contributed by atoms with van der Waals surface area (Å²) in [5, 5.41) is 5.63. The van der Waals surface area contributed by atoms with E-state index in [2.05, 4.69) is 10.6 Å². The minimum absolute atomic E-state index is 0.218. The first-order chi connectivity index (χ1) is 12.6. The molecule has 9 heteroatoms. The van der Waals surface area contributed by atoms with Crippen molar-refractivity contribution in [1.29, 1.82) is 0 Å². The van der Waals surface area contributed by atoms with Crippen molar-refractivity contribution in [1.82, 2.24) is 0 Å². The molecule has 0 radical (unpaired) electrons. The van der Waals surface area contributed by atoms with Crippen LogP contribution in [0.25, 0.3) is 0 Å². The van der Waals surface area contributed by atoms with Gasteiger partial charge in [0.2, 0.25) is 15.9 Å². The van der Waals surface area contributed by atoms with Gasteiger partial charge in [-0.3, -0.25) is 13.9 Å². The van der Waals surface area contributed by atoms with E-state index in [-0.39, 0.29) is 11.8 Å². The Morgan fingerprint density at radius 3 is 2.48 bits per heavy atom. The van der Waals surface area contributed by atoms with Crippen LogP contribution in [0.1, 0.15) is 22.8 Å². The molecule has 0 atom stereocenters. The number of halogens is 1. The number of nitrogens with zero attached hydrogens (tertiary/aromatic N) is 1. The minimum Gasteiger partial charge on any atom is -0.326 e. The number of rotatable bonds is 4. The number of nitrogens with one attached hydrogen (secondary N) is 2. The van der Waals surface area contributed by atoms with Gasteiger partial charge in [0, 0.05) is 24.7 Å². The number of sulfonamides is 1. The third-order valence-corrected chi connectivity index (χ3v) is 5.63. The Hall–Kier alpha value is -2.58. The van der Waals surface area contributed by atoms with Gasteiger partial charge in [0.15, 0.2) is 0 Å². The number of hydrogen-bond donors (Lipinski definition) is 2. The number of hydrogen-bond acceptors (Lipinski definition) is 4. The van der Waals surface area contributed by atoms with Crippen LogP contribution in [0.15, 0.2) is 36.4 Å². The molecule has 0 saturated carbocycles. The van der Waals surface area contributed by atoms with Crippen LogP contribution in [0, 0.1) is 0 Å². The largest absolute Gasteiger partial charge is 0.326 e. The molecular weight excluding hydrogens is 390 g/mol. The first-order valence-corrected chi connectivity index (χ1v) is 10.4. The van der Waals surface area contributed by atoms with Crippen molar-refractivity contribution in [3.05, 3.63) is 52.5 Å². The average molecular weight is 408 g/mol. The molecule has 0 unspecified atom stereocenters. The van der Waals surface area contributed by atoms with Gasteiger partial charge in [-0.25, -0.2) is 8.42 Å².